The Bertz CT molecular complexity index is 76.2. The molecule has 0 unspecified atom stereocenters. The van der Waals surface area contributed by atoms with E-state index in [0.29, 0.717) is 0 Å². The molecule has 0 saturated heterocycles. The molecule has 0 aromatic carbocycles. The zero-order valence-corrected chi connectivity index (χ0v) is 10.4. The smallest absolute Gasteiger partial charge is 0.0466 e. The number of unbranched alkanes of at least 4 members (excludes halogenated alkanes) is 5. The highest BCUT2D eigenvalue weighted by Crippen LogP contribution is 2.02. The number of alkyl halides is 1. The summed E-state index contributed by atoms with van der Waals surface area (Å²) in [5, 5.41) is 1.10. The van der Waals surface area contributed by atoms with Gasteiger partial charge in [0.05, 0.1) is 0 Å². The van der Waals surface area contributed by atoms with Gasteiger partial charge in [0.1, 0.15) is 0 Å². The Morgan fingerprint density at radius 1 is 0.846 bits per heavy atom. The summed E-state index contributed by atoms with van der Waals surface area (Å²) in [6.07, 6.45) is 9.09. The molecule has 0 rings (SSSR count). The van der Waals surface area contributed by atoms with E-state index in [2.05, 4.69) is 22.9 Å². The van der Waals surface area contributed by atoms with Gasteiger partial charge < -0.3 is 4.74 Å². The molecule has 0 aliphatic carbocycles. The van der Waals surface area contributed by atoms with Crippen molar-refractivity contribution >= 4 is 15.9 Å². The van der Waals surface area contributed by atoms with Crippen molar-refractivity contribution < 1.29 is 4.74 Å². The van der Waals surface area contributed by atoms with Crippen molar-refractivity contribution in [3.05, 3.63) is 0 Å². The molecule has 0 saturated carbocycles. The van der Waals surface area contributed by atoms with Gasteiger partial charge in [-0.25, -0.2) is 0 Å². The zero-order valence-electron chi connectivity index (χ0n) is 8.86. The molecule has 0 N–H and O–H groups in total. The van der Waals surface area contributed by atoms with E-state index in [0.717, 1.165) is 18.5 Å². The van der Waals surface area contributed by atoms with Crippen LogP contribution in [-0.4, -0.2) is 18.5 Å². The molecule has 0 fully saturated rings. The van der Waals surface area contributed by atoms with Crippen LogP contribution in [0.1, 0.15) is 51.9 Å². The second-order valence-corrected chi connectivity index (χ2v) is 4.22. The maximum atomic E-state index is 5.50. The molecule has 2 heteroatoms. The fraction of sp³-hybridized carbons (Fsp3) is 1.00. The van der Waals surface area contributed by atoms with Crippen LogP contribution < -0.4 is 0 Å². The molecule has 0 spiro atoms. The van der Waals surface area contributed by atoms with E-state index in [4.69, 9.17) is 4.74 Å². The van der Waals surface area contributed by atoms with Gasteiger partial charge in [-0.3, -0.25) is 0 Å². The third kappa shape index (κ3) is 12.4. The van der Waals surface area contributed by atoms with E-state index < -0.39 is 0 Å². The number of ether oxygens (including phenoxy) is 1. The Balaban J connectivity index is 2.76. The Kier molecular flexibility index (Phi) is 12.9. The highest BCUT2D eigenvalue weighted by Gasteiger charge is 1.90. The molecule has 0 aliphatic rings. The summed E-state index contributed by atoms with van der Waals surface area (Å²) in [7, 11) is 0. The van der Waals surface area contributed by atoms with Crippen LogP contribution in [0, 0.1) is 0 Å². The summed E-state index contributed by atoms with van der Waals surface area (Å²) in [5.74, 6) is 0. The van der Waals surface area contributed by atoms with Gasteiger partial charge in [-0.2, -0.15) is 0 Å². The molecule has 0 radical (unpaired) electrons. The lowest BCUT2D eigenvalue weighted by molar-refractivity contribution is 0.127. The topological polar surface area (TPSA) is 9.23 Å². The second kappa shape index (κ2) is 12.4. The monoisotopic (exact) mass is 250 g/mol. The van der Waals surface area contributed by atoms with Crippen molar-refractivity contribution in [3.8, 4) is 0 Å². The summed E-state index contributed by atoms with van der Waals surface area (Å²) in [5.41, 5.74) is 0. The predicted molar refractivity (Wildman–Crippen MR) is 62.6 cm³/mol. The number of halogens is 1. The molecule has 0 atom stereocenters. The molecular formula is C11H23BrO. The number of hydrogen-bond acceptors (Lipinski definition) is 1. The molecule has 0 aliphatic heterocycles. The lowest BCUT2D eigenvalue weighted by atomic mass is 10.2. The lowest BCUT2D eigenvalue weighted by Crippen LogP contribution is -1.97. The molecule has 0 amide bonds. The first-order chi connectivity index (χ1) is 6.41. The molecule has 80 valence electrons. The molecule has 0 aromatic heterocycles. The minimum atomic E-state index is 0.944. The van der Waals surface area contributed by atoms with Crippen LogP contribution in [0.2, 0.25) is 0 Å². The lowest BCUT2D eigenvalue weighted by Gasteiger charge is -2.02. The summed E-state index contributed by atoms with van der Waals surface area (Å²) in [4.78, 5) is 0. The van der Waals surface area contributed by atoms with Gasteiger partial charge in [-0.05, 0) is 19.3 Å². The quantitative estimate of drug-likeness (QED) is 0.418. The fourth-order valence-corrected chi connectivity index (χ4v) is 1.60. The largest absolute Gasteiger partial charge is 0.381 e. The van der Waals surface area contributed by atoms with Crippen molar-refractivity contribution in [2.24, 2.45) is 0 Å². The first-order valence-corrected chi connectivity index (χ1v) is 6.67. The minimum absolute atomic E-state index is 0.944. The van der Waals surface area contributed by atoms with Gasteiger partial charge in [-0.1, -0.05) is 48.5 Å². The first kappa shape index (κ1) is 13.4. The number of hydrogen-bond donors (Lipinski definition) is 0. The van der Waals surface area contributed by atoms with Crippen molar-refractivity contribution in [3.63, 3.8) is 0 Å². The Morgan fingerprint density at radius 2 is 1.46 bits per heavy atom. The van der Waals surface area contributed by atoms with Crippen LogP contribution in [0.4, 0.5) is 0 Å². The average Bonchev–Trinajstić information content (AvgIpc) is 2.16. The zero-order chi connectivity index (χ0) is 9.78. The highest BCUT2D eigenvalue weighted by atomic mass is 79.9. The van der Waals surface area contributed by atoms with Crippen LogP contribution in [0.25, 0.3) is 0 Å². The van der Waals surface area contributed by atoms with E-state index in [-0.39, 0.29) is 0 Å². The van der Waals surface area contributed by atoms with E-state index in [9.17, 15) is 0 Å². The normalized spacial score (nSPS) is 10.6. The molecule has 0 heterocycles. The molecular weight excluding hydrogens is 228 g/mol. The highest BCUT2D eigenvalue weighted by molar-refractivity contribution is 9.09. The maximum Gasteiger partial charge on any atom is 0.0466 e. The molecule has 13 heavy (non-hydrogen) atoms. The van der Waals surface area contributed by atoms with E-state index in [1.165, 1.54) is 44.9 Å². The Hall–Kier alpha value is 0.440. The van der Waals surface area contributed by atoms with Gasteiger partial charge in [0, 0.05) is 18.5 Å². The summed E-state index contributed by atoms with van der Waals surface area (Å²) in [6, 6.07) is 0. The van der Waals surface area contributed by atoms with Gasteiger partial charge in [-0.15, -0.1) is 0 Å². The summed E-state index contributed by atoms with van der Waals surface area (Å²) >= 11 is 3.41. The third-order valence-electron chi connectivity index (χ3n) is 2.06. The van der Waals surface area contributed by atoms with Gasteiger partial charge >= 0.3 is 0 Å². The third-order valence-corrected chi connectivity index (χ3v) is 2.63. The van der Waals surface area contributed by atoms with E-state index in [1.807, 2.05) is 0 Å². The van der Waals surface area contributed by atoms with Crippen molar-refractivity contribution in [1.82, 2.24) is 0 Å². The summed E-state index contributed by atoms with van der Waals surface area (Å²) < 4.78 is 5.50. The Morgan fingerprint density at radius 3 is 2.08 bits per heavy atom. The van der Waals surface area contributed by atoms with E-state index in [1.54, 1.807) is 0 Å². The van der Waals surface area contributed by atoms with Crippen molar-refractivity contribution in [2.45, 2.75) is 51.9 Å². The Labute approximate surface area is 91.4 Å². The van der Waals surface area contributed by atoms with Crippen LogP contribution >= 0.6 is 15.9 Å². The molecule has 1 nitrogen and oxygen atoms in total. The van der Waals surface area contributed by atoms with Gasteiger partial charge in [0.15, 0.2) is 0 Å². The summed E-state index contributed by atoms with van der Waals surface area (Å²) in [6.45, 7) is 4.15. The van der Waals surface area contributed by atoms with Crippen LogP contribution in [0.5, 0.6) is 0 Å². The van der Waals surface area contributed by atoms with Crippen LogP contribution in [-0.2, 0) is 4.74 Å². The van der Waals surface area contributed by atoms with E-state index >= 15 is 0 Å². The minimum Gasteiger partial charge on any atom is -0.381 e. The fourth-order valence-electron chi connectivity index (χ4n) is 1.21. The van der Waals surface area contributed by atoms with Gasteiger partial charge in [0.25, 0.3) is 0 Å². The van der Waals surface area contributed by atoms with Crippen molar-refractivity contribution in [2.75, 3.05) is 18.5 Å². The predicted octanol–water partition coefficient (Wildman–Crippen LogP) is 4.15. The average molecular weight is 251 g/mol. The number of rotatable bonds is 10. The van der Waals surface area contributed by atoms with Crippen molar-refractivity contribution in [1.29, 1.82) is 0 Å². The maximum absolute atomic E-state index is 5.50. The molecule has 0 bridgehead atoms. The standard InChI is InChI=1S/C11H23BrO/c1-2-3-4-5-7-10-13-11-8-6-9-12/h2-11H2,1H3. The SMILES string of the molecule is CCCCCCCOCCCCBr. The second-order valence-electron chi connectivity index (χ2n) is 3.42. The van der Waals surface area contributed by atoms with Crippen LogP contribution in [0.3, 0.4) is 0 Å². The van der Waals surface area contributed by atoms with Gasteiger partial charge in [0.2, 0.25) is 0 Å². The molecule has 0 aromatic rings. The first-order valence-electron chi connectivity index (χ1n) is 5.55. The van der Waals surface area contributed by atoms with Crippen LogP contribution in [0.15, 0.2) is 0 Å².